The lowest BCUT2D eigenvalue weighted by Gasteiger charge is -2.30. The fourth-order valence-electron chi connectivity index (χ4n) is 4.15. The van der Waals surface area contributed by atoms with Crippen LogP contribution in [0.4, 0.5) is 9.52 Å². The number of amides is 1. The molecule has 2 aromatic rings. The number of thiazole rings is 1. The molecule has 0 unspecified atom stereocenters. The van der Waals surface area contributed by atoms with Crippen LogP contribution in [0.25, 0.3) is 10.2 Å². The van der Waals surface area contributed by atoms with Crippen molar-refractivity contribution in [2.75, 3.05) is 5.32 Å². The molecular formula is C16H14FN2O3S-. The van der Waals surface area contributed by atoms with Gasteiger partial charge < -0.3 is 15.2 Å². The van der Waals surface area contributed by atoms with E-state index in [0.717, 1.165) is 19.3 Å². The van der Waals surface area contributed by atoms with E-state index in [1.807, 2.05) is 0 Å². The standard InChI is InChI=1S/C16H15FN2O3S/c17-9-3-4-10-11(6-9)23-16(18-10)19-14(20)12-7-1-2-8(5-7)13(12)15(21)22/h3-4,6-8,12-13H,1-2,5H2,(H,21,22)(H,18,19,20)/p-1/t7-,8-,12-,13-/m0/s1. The number of anilines is 1. The third-order valence-corrected chi connectivity index (χ3v) is 6.01. The number of halogens is 1. The molecule has 7 heteroatoms. The highest BCUT2D eigenvalue weighted by Crippen LogP contribution is 2.52. The average Bonchev–Trinajstić information content (AvgIpc) is 3.18. The average molecular weight is 333 g/mol. The molecule has 1 N–H and O–H groups in total. The van der Waals surface area contributed by atoms with Crippen LogP contribution in [0.15, 0.2) is 18.2 Å². The summed E-state index contributed by atoms with van der Waals surface area (Å²) in [4.78, 5) is 28.2. The van der Waals surface area contributed by atoms with Crippen molar-refractivity contribution in [2.45, 2.75) is 19.3 Å². The number of aliphatic carboxylic acids is 1. The van der Waals surface area contributed by atoms with Gasteiger partial charge in [-0.25, -0.2) is 9.37 Å². The summed E-state index contributed by atoms with van der Waals surface area (Å²) in [6, 6.07) is 4.23. The van der Waals surface area contributed by atoms with E-state index in [4.69, 9.17) is 0 Å². The van der Waals surface area contributed by atoms with Gasteiger partial charge >= 0.3 is 0 Å². The van der Waals surface area contributed by atoms with Gasteiger partial charge in [-0.1, -0.05) is 11.3 Å². The van der Waals surface area contributed by atoms with Crippen molar-refractivity contribution in [3.05, 3.63) is 24.0 Å². The molecule has 1 heterocycles. The first-order valence-corrected chi connectivity index (χ1v) is 8.42. The van der Waals surface area contributed by atoms with Crippen LogP contribution in [0.3, 0.4) is 0 Å². The van der Waals surface area contributed by atoms with Crippen molar-refractivity contribution in [3.63, 3.8) is 0 Å². The summed E-state index contributed by atoms with van der Waals surface area (Å²) < 4.78 is 13.9. The molecule has 1 aromatic heterocycles. The SMILES string of the molecule is O=C([O-])[C@H]1[C@H]2CC[C@@H](C2)[C@@H]1C(=O)Nc1nc2ccc(F)cc2s1. The third kappa shape index (κ3) is 2.39. The molecule has 0 spiro atoms. The monoisotopic (exact) mass is 333 g/mol. The maximum Gasteiger partial charge on any atom is 0.230 e. The predicted molar refractivity (Wildman–Crippen MR) is 81.0 cm³/mol. The van der Waals surface area contributed by atoms with Crippen LogP contribution >= 0.6 is 11.3 Å². The van der Waals surface area contributed by atoms with Crippen LogP contribution in [0.1, 0.15) is 19.3 Å². The maximum atomic E-state index is 13.2. The topological polar surface area (TPSA) is 82.1 Å². The Balaban J connectivity index is 1.57. The second-order valence-corrected chi connectivity index (χ2v) is 7.35. The highest BCUT2D eigenvalue weighted by Gasteiger charge is 2.51. The Labute approximate surface area is 135 Å². The van der Waals surface area contributed by atoms with Gasteiger partial charge in [0, 0.05) is 17.8 Å². The molecule has 5 nitrogen and oxygen atoms in total. The normalized spacial score (nSPS) is 29.1. The number of fused-ring (bicyclic) bond motifs is 3. The van der Waals surface area contributed by atoms with Gasteiger partial charge in [-0.15, -0.1) is 0 Å². The van der Waals surface area contributed by atoms with E-state index < -0.39 is 17.8 Å². The number of rotatable bonds is 3. The van der Waals surface area contributed by atoms with Gasteiger partial charge in [0.25, 0.3) is 0 Å². The Bertz CT molecular complexity index is 806. The minimum absolute atomic E-state index is 0.0465. The second kappa shape index (κ2) is 5.26. The fourth-order valence-corrected chi connectivity index (χ4v) is 5.04. The van der Waals surface area contributed by atoms with Gasteiger partial charge in [0.05, 0.1) is 10.2 Å². The minimum atomic E-state index is -1.14. The molecule has 4 atom stereocenters. The summed E-state index contributed by atoms with van der Waals surface area (Å²) in [6.07, 6.45) is 2.52. The number of carbonyl (C=O) groups is 2. The van der Waals surface area contributed by atoms with Crippen LogP contribution in [-0.2, 0) is 9.59 Å². The summed E-state index contributed by atoms with van der Waals surface area (Å²) >= 11 is 1.18. The molecule has 1 amide bonds. The molecule has 2 bridgehead atoms. The van der Waals surface area contributed by atoms with E-state index in [0.29, 0.717) is 15.3 Å². The Kier molecular flexibility index (Phi) is 3.33. The number of hydrogen-bond donors (Lipinski definition) is 1. The molecule has 2 aliphatic rings. The first-order chi connectivity index (χ1) is 11.0. The molecule has 4 rings (SSSR count). The summed E-state index contributed by atoms with van der Waals surface area (Å²) in [5, 5.41) is 14.5. The van der Waals surface area contributed by atoms with Gasteiger partial charge in [-0.2, -0.15) is 0 Å². The molecule has 0 radical (unpaired) electrons. The highest BCUT2D eigenvalue weighted by atomic mass is 32.1. The minimum Gasteiger partial charge on any atom is -0.550 e. The molecule has 120 valence electrons. The zero-order valence-corrected chi connectivity index (χ0v) is 12.9. The number of nitrogens with one attached hydrogen (secondary N) is 1. The van der Waals surface area contributed by atoms with Crippen molar-refractivity contribution >= 4 is 38.6 Å². The predicted octanol–water partition coefficient (Wildman–Crippen LogP) is 1.79. The summed E-state index contributed by atoms with van der Waals surface area (Å²) in [6.45, 7) is 0. The number of benzene rings is 1. The Morgan fingerprint density at radius 2 is 2.00 bits per heavy atom. The van der Waals surface area contributed by atoms with Crippen molar-refractivity contribution in [2.24, 2.45) is 23.7 Å². The van der Waals surface area contributed by atoms with Gasteiger partial charge in [-0.3, -0.25) is 4.79 Å². The Hall–Kier alpha value is -2.02. The van der Waals surface area contributed by atoms with Crippen LogP contribution in [0.5, 0.6) is 0 Å². The number of nitrogens with zero attached hydrogens (tertiary/aromatic N) is 1. The van der Waals surface area contributed by atoms with E-state index in [1.165, 1.54) is 23.5 Å². The molecular weight excluding hydrogens is 319 g/mol. The number of carboxylic acids is 1. The first kappa shape index (κ1) is 14.6. The number of carbonyl (C=O) groups excluding carboxylic acids is 2. The van der Waals surface area contributed by atoms with E-state index in [9.17, 15) is 19.1 Å². The zero-order valence-electron chi connectivity index (χ0n) is 12.1. The highest BCUT2D eigenvalue weighted by molar-refractivity contribution is 7.22. The van der Waals surface area contributed by atoms with Crippen LogP contribution in [0, 0.1) is 29.5 Å². The van der Waals surface area contributed by atoms with E-state index >= 15 is 0 Å². The molecule has 2 fully saturated rings. The smallest absolute Gasteiger partial charge is 0.230 e. The number of aromatic nitrogens is 1. The third-order valence-electron chi connectivity index (χ3n) is 5.07. The van der Waals surface area contributed by atoms with Crippen LogP contribution < -0.4 is 10.4 Å². The zero-order chi connectivity index (χ0) is 16.1. The Morgan fingerprint density at radius 1 is 1.26 bits per heavy atom. The van der Waals surface area contributed by atoms with Crippen molar-refractivity contribution in [1.29, 1.82) is 0 Å². The van der Waals surface area contributed by atoms with Crippen molar-refractivity contribution in [3.8, 4) is 0 Å². The van der Waals surface area contributed by atoms with Crippen molar-refractivity contribution in [1.82, 2.24) is 4.98 Å². The summed E-state index contributed by atoms with van der Waals surface area (Å²) in [5.74, 6) is -2.91. The second-order valence-electron chi connectivity index (χ2n) is 6.32. The van der Waals surface area contributed by atoms with Crippen LogP contribution in [-0.4, -0.2) is 16.9 Å². The molecule has 23 heavy (non-hydrogen) atoms. The molecule has 2 aliphatic carbocycles. The maximum absolute atomic E-state index is 13.2. The first-order valence-electron chi connectivity index (χ1n) is 7.61. The molecule has 2 saturated carbocycles. The molecule has 1 aromatic carbocycles. The summed E-state index contributed by atoms with van der Waals surface area (Å²) in [5.41, 5.74) is 0.607. The van der Waals surface area contributed by atoms with Gasteiger partial charge in [0.2, 0.25) is 5.91 Å². The molecule has 0 aliphatic heterocycles. The lowest BCUT2D eigenvalue weighted by molar-refractivity contribution is -0.314. The van der Waals surface area contributed by atoms with Gasteiger partial charge in [0.1, 0.15) is 5.82 Å². The molecule has 0 saturated heterocycles. The van der Waals surface area contributed by atoms with E-state index in [-0.39, 0.29) is 23.6 Å². The van der Waals surface area contributed by atoms with Crippen LogP contribution in [0.2, 0.25) is 0 Å². The lowest BCUT2D eigenvalue weighted by Crippen LogP contribution is -2.43. The lowest BCUT2D eigenvalue weighted by atomic mass is 9.79. The van der Waals surface area contributed by atoms with Gasteiger partial charge in [-0.05, 0) is 49.3 Å². The van der Waals surface area contributed by atoms with E-state index in [2.05, 4.69) is 10.3 Å². The van der Waals surface area contributed by atoms with Gasteiger partial charge in [0.15, 0.2) is 5.13 Å². The number of carboxylic acid groups (broad SMARTS) is 1. The Morgan fingerprint density at radius 3 is 2.74 bits per heavy atom. The quantitative estimate of drug-likeness (QED) is 0.928. The van der Waals surface area contributed by atoms with Crippen molar-refractivity contribution < 1.29 is 19.1 Å². The van der Waals surface area contributed by atoms with E-state index in [1.54, 1.807) is 6.07 Å². The number of hydrogen-bond acceptors (Lipinski definition) is 5. The fraction of sp³-hybridized carbons (Fsp3) is 0.438. The largest absolute Gasteiger partial charge is 0.550 e. The summed E-state index contributed by atoms with van der Waals surface area (Å²) in [7, 11) is 0.